The fourth-order valence-corrected chi connectivity index (χ4v) is 5.84. The Morgan fingerprint density at radius 3 is 2.12 bits per heavy atom. The Hall–Kier alpha value is -2.33. The van der Waals surface area contributed by atoms with E-state index in [1.807, 2.05) is 30.3 Å². The third-order valence-electron chi connectivity index (χ3n) is 6.33. The van der Waals surface area contributed by atoms with Crippen molar-refractivity contribution in [1.29, 1.82) is 0 Å². The molecule has 180 valence electrons. The van der Waals surface area contributed by atoms with Crippen LogP contribution in [0.2, 0.25) is 18.1 Å². The molecule has 2 aromatic carbocycles. The molecular formula is C24H34N2O5SSi. The fraction of sp³-hybridized carbons (Fsp3) is 0.417. The monoisotopic (exact) mass is 490 g/mol. The maximum Gasteiger partial charge on any atom is 0.269 e. The Bertz CT molecular complexity index is 1060. The number of benzene rings is 2. The Labute approximate surface area is 198 Å². The molecule has 7 nitrogen and oxygen atoms in total. The van der Waals surface area contributed by atoms with Crippen LogP contribution in [0.4, 0.5) is 5.69 Å². The molecule has 0 unspecified atom stereocenters. The van der Waals surface area contributed by atoms with Crippen LogP contribution in [0.3, 0.4) is 0 Å². The molecule has 0 aromatic heterocycles. The van der Waals surface area contributed by atoms with Crippen LogP contribution in [0.5, 0.6) is 0 Å². The Morgan fingerprint density at radius 1 is 1.12 bits per heavy atom. The summed E-state index contributed by atoms with van der Waals surface area (Å²) in [5, 5.41) is 10.9. The van der Waals surface area contributed by atoms with Gasteiger partial charge in [0.15, 0.2) is 8.32 Å². The molecule has 2 atom stereocenters. The van der Waals surface area contributed by atoms with Gasteiger partial charge in [-0.1, -0.05) is 57.2 Å². The first kappa shape index (κ1) is 26.9. The number of sulfonamides is 1. The van der Waals surface area contributed by atoms with E-state index in [1.165, 1.54) is 35.6 Å². The maximum atomic E-state index is 13.5. The molecule has 0 aliphatic rings. The average molecular weight is 491 g/mol. The molecule has 2 aromatic rings. The van der Waals surface area contributed by atoms with Gasteiger partial charge in [0.25, 0.3) is 5.69 Å². The SMILES string of the molecule is C=C[C@H](O[Si](C)(C)C(C)(C)C)[C@H](Cc1ccccc1)N(C)S(=O)(=O)c1ccc([N+](=O)[O-])cc1. The van der Waals surface area contributed by atoms with Crippen molar-refractivity contribution in [3.05, 3.63) is 82.9 Å². The summed E-state index contributed by atoms with van der Waals surface area (Å²) in [6.07, 6.45) is 1.56. The van der Waals surface area contributed by atoms with Crippen molar-refractivity contribution in [2.24, 2.45) is 0 Å². The first-order valence-electron chi connectivity index (χ1n) is 10.8. The summed E-state index contributed by atoms with van der Waals surface area (Å²) in [5.74, 6) is 0. The second kappa shape index (κ2) is 10.3. The highest BCUT2D eigenvalue weighted by Crippen LogP contribution is 2.38. The van der Waals surface area contributed by atoms with Crippen molar-refractivity contribution < 1.29 is 17.8 Å². The molecule has 0 N–H and O–H groups in total. The molecule has 0 heterocycles. The zero-order chi connectivity index (χ0) is 25.0. The lowest BCUT2D eigenvalue weighted by Crippen LogP contribution is -2.52. The molecule has 33 heavy (non-hydrogen) atoms. The maximum absolute atomic E-state index is 13.5. The molecule has 0 aliphatic carbocycles. The van der Waals surface area contributed by atoms with E-state index in [-0.39, 0.29) is 15.6 Å². The molecule has 0 saturated heterocycles. The van der Waals surface area contributed by atoms with Crippen LogP contribution >= 0.6 is 0 Å². The third kappa shape index (κ3) is 6.38. The molecule has 0 aliphatic heterocycles. The van der Waals surface area contributed by atoms with E-state index in [4.69, 9.17) is 4.43 Å². The van der Waals surface area contributed by atoms with Crippen molar-refractivity contribution in [3.8, 4) is 0 Å². The first-order chi connectivity index (χ1) is 15.2. The van der Waals surface area contributed by atoms with Crippen LogP contribution in [0.1, 0.15) is 26.3 Å². The molecule has 9 heteroatoms. The smallest absolute Gasteiger partial charge is 0.269 e. The van der Waals surface area contributed by atoms with Gasteiger partial charge in [0.1, 0.15) is 0 Å². The van der Waals surface area contributed by atoms with Gasteiger partial charge in [0, 0.05) is 19.2 Å². The van der Waals surface area contributed by atoms with Crippen molar-refractivity contribution in [2.45, 2.75) is 62.4 Å². The summed E-state index contributed by atoms with van der Waals surface area (Å²) in [6, 6.07) is 14.0. The highest BCUT2D eigenvalue weighted by atomic mass is 32.2. The zero-order valence-corrected chi connectivity index (χ0v) is 22.0. The number of hydrogen-bond donors (Lipinski definition) is 0. The zero-order valence-electron chi connectivity index (χ0n) is 20.2. The topological polar surface area (TPSA) is 89.8 Å². The standard InChI is InChI=1S/C24H34N2O5SSi/c1-8-23(31-33(6,7)24(2,3)4)22(18-19-12-10-9-11-13-19)25(5)32(29,30)21-16-14-20(15-17-21)26(27)28/h8-17,22-23H,1,18H2,2-7H3/t22-,23-/m0/s1. The second-order valence-electron chi connectivity index (χ2n) is 9.61. The largest absolute Gasteiger partial charge is 0.409 e. The van der Waals surface area contributed by atoms with Gasteiger partial charge in [-0.25, -0.2) is 8.42 Å². The fourth-order valence-electron chi connectivity index (χ4n) is 3.19. The van der Waals surface area contributed by atoms with Gasteiger partial charge < -0.3 is 4.43 Å². The second-order valence-corrected chi connectivity index (χ2v) is 16.4. The van der Waals surface area contributed by atoms with E-state index in [1.54, 1.807) is 6.08 Å². The summed E-state index contributed by atoms with van der Waals surface area (Å²) in [4.78, 5) is 10.4. The van der Waals surface area contributed by atoms with E-state index in [2.05, 4.69) is 40.4 Å². The van der Waals surface area contributed by atoms with E-state index in [9.17, 15) is 18.5 Å². The Morgan fingerprint density at radius 2 is 1.67 bits per heavy atom. The van der Waals surface area contributed by atoms with Gasteiger partial charge in [0.05, 0.1) is 22.0 Å². The summed E-state index contributed by atoms with van der Waals surface area (Å²) in [7, 11) is -4.67. The minimum Gasteiger partial charge on any atom is -0.409 e. The van der Waals surface area contributed by atoms with Gasteiger partial charge in [-0.05, 0) is 42.2 Å². The highest BCUT2D eigenvalue weighted by Gasteiger charge is 2.42. The van der Waals surface area contributed by atoms with E-state index in [0.717, 1.165) is 5.56 Å². The number of hydrogen-bond acceptors (Lipinski definition) is 5. The summed E-state index contributed by atoms with van der Waals surface area (Å²) >= 11 is 0. The number of nitrogens with zero attached hydrogens (tertiary/aromatic N) is 2. The highest BCUT2D eigenvalue weighted by molar-refractivity contribution is 7.89. The predicted molar refractivity (Wildman–Crippen MR) is 134 cm³/mol. The van der Waals surface area contributed by atoms with Crippen LogP contribution in [0, 0.1) is 10.1 Å². The van der Waals surface area contributed by atoms with E-state index >= 15 is 0 Å². The predicted octanol–water partition coefficient (Wildman–Crippen LogP) is 5.40. The number of rotatable bonds is 10. The quantitative estimate of drug-likeness (QED) is 0.192. The lowest BCUT2D eigenvalue weighted by molar-refractivity contribution is -0.384. The molecule has 0 saturated carbocycles. The molecule has 0 radical (unpaired) electrons. The minimum atomic E-state index is -3.95. The lowest BCUT2D eigenvalue weighted by Gasteiger charge is -2.42. The molecule has 0 spiro atoms. The Balaban J connectivity index is 2.49. The van der Waals surface area contributed by atoms with E-state index < -0.39 is 35.4 Å². The van der Waals surface area contributed by atoms with Crippen molar-refractivity contribution in [3.63, 3.8) is 0 Å². The van der Waals surface area contributed by atoms with Crippen molar-refractivity contribution in [2.75, 3.05) is 7.05 Å². The number of nitro groups is 1. The van der Waals surface area contributed by atoms with Gasteiger partial charge in [-0.15, -0.1) is 6.58 Å². The van der Waals surface area contributed by atoms with Gasteiger partial charge in [-0.2, -0.15) is 4.31 Å². The number of nitro benzene ring substituents is 1. The molecule has 2 rings (SSSR count). The summed E-state index contributed by atoms with van der Waals surface area (Å²) in [6.45, 7) is 14.6. The number of non-ortho nitro benzene ring substituents is 1. The van der Waals surface area contributed by atoms with Gasteiger partial charge >= 0.3 is 0 Å². The van der Waals surface area contributed by atoms with Crippen LogP contribution in [0.15, 0.2) is 72.1 Å². The number of likely N-dealkylation sites (N-methyl/N-ethyl adjacent to an activating group) is 1. The molecule has 0 bridgehead atoms. The lowest BCUT2D eigenvalue weighted by atomic mass is 10.0. The summed E-state index contributed by atoms with van der Waals surface area (Å²) < 4.78 is 34.9. The minimum absolute atomic E-state index is 0.0104. The summed E-state index contributed by atoms with van der Waals surface area (Å²) in [5.41, 5.74) is 0.807. The van der Waals surface area contributed by atoms with Crippen molar-refractivity contribution in [1.82, 2.24) is 4.31 Å². The van der Waals surface area contributed by atoms with E-state index in [0.29, 0.717) is 6.42 Å². The van der Waals surface area contributed by atoms with Gasteiger partial charge in [0.2, 0.25) is 10.0 Å². The van der Waals surface area contributed by atoms with Crippen LogP contribution < -0.4 is 0 Å². The normalized spacial score (nSPS) is 14.6. The third-order valence-corrected chi connectivity index (χ3v) is 12.7. The van der Waals surface area contributed by atoms with Crippen LogP contribution in [-0.4, -0.2) is 45.2 Å². The average Bonchev–Trinajstić information content (AvgIpc) is 2.75. The molecule has 0 fully saturated rings. The molecule has 0 amide bonds. The first-order valence-corrected chi connectivity index (χ1v) is 15.1. The van der Waals surface area contributed by atoms with Crippen molar-refractivity contribution >= 4 is 24.0 Å². The van der Waals surface area contributed by atoms with Crippen LogP contribution in [0.25, 0.3) is 0 Å². The Kier molecular flexibility index (Phi) is 8.40. The van der Waals surface area contributed by atoms with Gasteiger partial charge in [-0.3, -0.25) is 10.1 Å². The van der Waals surface area contributed by atoms with Crippen LogP contribution in [-0.2, 0) is 20.9 Å². The molecular weight excluding hydrogens is 456 g/mol.